The van der Waals surface area contributed by atoms with E-state index in [4.69, 9.17) is 11.2 Å². The second kappa shape index (κ2) is 11.9. The number of terminal acetylenes is 1. The minimum Gasteiger partial charge on any atom is -0.375 e. The Morgan fingerprint density at radius 3 is 2.62 bits per heavy atom. The zero-order valence-corrected chi connectivity index (χ0v) is 20.7. The lowest BCUT2D eigenvalue weighted by molar-refractivity contribution is -0.188. The highest BCUT2D eigenvalue weighted by Crippen LogP contribution is 2.26. The Bertz CT molecular complexity index is 1170. The summed E-state index contributed by atoms with van der Waals surface area (Å²) >= 11 is 0. The number of benzene rings is 2. The van der Waals surface area contributed by atoms with Crippen molar-refractivity contribution in [3.63, 3.8) is 0 Å². The van der Waals surface area contributed by atoms with E-state index in [1.807, 2.05) is 30.3 Å². The number of piperazine rings is 1. The van der Waals surface area contributed by atoms with Gasteiger partial charge in [-0.05, 0) is 18.6 Å². The van der Waals surface area contributed by atoms with E-state index in [9.17, 15) is 18.8 Å². The molecule has 37 heavy (non-hydrogen) atoms. The van der Waals surface area contributed by atoms with Gasteiger partial charge in [0.05, 0.1) is 32.8 Å². The lowest BCUT2D eigenvalue weighted by Crippen LogP contribution is -2.76. The number of hydrogen-bond donors (Lipinski definition) is 1. The maximum Gasteiger partial charge on any atom is 0.334 e. The topological polar surface area (TPSA) is 85.4 Å². The highest BCUT2D eigenvalue weighted by atomic mass is 19.1. The van der Waals surface area contributed by atoms with Crippen molar-refractivity contribution in [3.05, 3.63) is 71.5 Å². The summed E-state index contributed by atoms with van der Waals surface area (Å²) in [7, 11) is 0. The number of nitrogens with one attached hydrogen (secondary N) is 1. The van der Waals surface area contributed by atoms with Gasteiger partial charge in [0.1, 0.15) is 18.0 Å². The van der Waals surface area contributed by atoms with Crippen molar-refractivity contribution in [2.24, 2.45) is 0 Å². The average Bonchev–Trinajstić information content (AvgIpc) is 2.89. The van der Waals surface area contributed by atoms with E-state index in [-0.39, 0.29) is 57.0 Å². The van der Waals surface area contributed by atoms with Crippen molar-refractivity contribution in [1.82, 2.24) is 25.1 Å². The molecule has 2 aliphatic rings. The molecule has 0 saturated carbocycles. The van der Waals surface area contributed by atoms with Crippen molar-refractivity contribution >= 4 is 17.8 Å². The van der Waals surface area contributed by atoms with Crippen LogP contribution in [0.3, 0.4) is 0 Å². The number of nitrogens with zero attached hydrogens (tertiary/aromatic N) is 4. The van der Waals surface area contributed by atoms with Gasteiger partial charge < -0.3 is 19.9 Å². The molecule has 0 aromatic heterocycles. The number of ether oxygens (including phenoxy) is 1. The van der Waals surface area contributed by atoms with Crippen molar-refractivity contribution in [2.45, 2.75) is 32.3 Å². The number of halogens is 1. The minimum absolute atomic E-state index is 0.0584. The molecule has 9 nitrogen and oxygen atoms in total. The van der Waals surface area contributed by atoms with Gasteiger partial charge in [0.2, 0.25) is 11.8 Å². The Balaban J connectivity index is 1.46. The average molecular weight is 508 g/mol. The molecule has 0 radical (unpaired) electrons. The SMILES string of the molecule is C#CCN1CC(=O)N2[C@@H](C)C(=O)N(CCOCc3ccccc3F)C[C@@H]2N1C(=O)NCc1ccccc1. The smallest absolute Gasteiger partial charge is 0.334 e. The van der Waals surface area contributed by atoms with Crippen LogP contribution in [0.4, 0.5) is 9.18 Å². The summed E-state index contributed by atoms with van der Waals surface area (Å²) in [4.78, 5) is 42.5. The molecular weight excluding hydrogens is 477 g/mol. The third-order valence-corrected chi connectivity index (χ3v) is 6.47. The lowest BCUT2D eigenvalue weighted by atomic mass is 10.1. The van der Waals surface area contributed by atoms with Crippen LogP contribution in [0.15, 0.2) is 54.6 Å². The third kappa shape index (κ3) is 5.90. The molecule has 4 amide bonds. The van der Waals surface area contributed by atoms with E-state index in [1.54, 1.807) is 30.0 Å². The normalized spacial score (nSPS) is 20.0. The summed E-state index contributed by atoms with van der Waals surface area (Å²) in [5, 5.41) is 5.87. The number of carbonyl (C=O) groups is 3. The van der Waals surface area contributed by atoms with Crippen LogP contribution in [0.1, 0.15) is 18.1 Å². The molecule has 0 bridgehead atoms. The predicted molar refractivity (Wildman–Crippen MR) is 134 cm³/mol. The number of urea groups is 1. The van der Waals surface area contributed by atoms with Crippen LogP contribution in [-0.4, -0.2) is 82.7 Å². The van der Waals surface area contributed by atoms with E-state index in [0.717, 1.165) is 5.56 Å². The van der Waals surface area contributed by atoms with Crippen molar-refractivity contribution < 1.29 is 23.5 Å². The summed E-state index contributed by atoms with van der Waals surface area (Å²) in [6.45, 7) is 2.46. The summed E-state index contributed by atoms with van der Waals surface area (Å²) in [5.41, 5.74) is 1.35. The van der Waals surface area contributed by atoms with Gasteiger partial charge in [-0.2, -0.15) is 5.01 Å². The second-order valence-electron chi connectivity index (χ2n) is 8.90. The van der Waals surface area contributed by atoms with E-state index >= 15 is 0 Å². The zero-order valence-electron chi connectivity index (χ0n) is 20.7. The number of hydrogen-bond acceptors (Lipinski definition) is 5. The molecule has 0 aliphatic carbocycles. The van der Waals surface area contributed by atoms with Crippen molar-refractivity contribution in [3.8, 4) is 12.3 Å². The fourth-order valence-electron chi connectivity index (χ4n) is 4.63. The number of carbonyl (C=O) groups excluding carboxylic acids is 3. The maximum atomic E-state index is 13.9. The van der Waals surface area contributed by atoms with E-state index in [2.05, 4.69) is 11.2 Å². The monoisotopic (exact) mass is 507 g/mol. The van der Waals surface area contributed by atoms with Gasteiger partial charge in [-0.1, -0.05) is 54.5 Å². The lowest BCUT2D eigenvalue weighted by Gasteiger charge is -2.54. The number of fused-ring (bicyclic) bond motifs is 1. The molecule has 2 aliphatic heterocycles. The largest absolute Gasteiger partial charge is 0.375 e. The van der Waals surface area contributed by atoms with Gasteiger partial charge >= 0.3 is 6.03 Å². The summed E-state index contributed by atoms with van der Waals surface area (Å²) < 4.78 is 19.5. The number of rotatable bonds is 8. The minimum atomic E-state index is -0.768. The molecule has 10 heteroatoms. The van der Waals surface area contributed by atoms with Crippen LogP contribution in [-0.2, 0) is 27.5 Å². The highest BCUT2D eigenvalue weighted by Gasteiger charge is 2.49. The first-order chi connectivity index (χ1) is 17.9. The second-order valence-corrected chi connectivity index (χ2v) is 8.90. The van der Waals surface area contributed by atoms with Gasteiger partial charge in [-0.15, -0.1) is 6.42 Å². The summed E-state index contributed by atoms with van der Waals surface area (Å²) in [5.74, 6) is 1.64. The van der Waals surface area contributed by atoms with Crippen molar-refractivity contribution in [1.29, 1.82) is 0 Å². The highest BCUT2D eigenvalue weighted by molar-refractivity contribution is 5.91. The summed E-state index contributed by atoms with van der Waals surface area (Å²) in [6.07, 6.45) is 4.80. The molecule has 194 valence electrons. The molecule has 2 heterocycles. The third-order valence-electron chi connectivity index (χ3n) is 6.47. The van der Waals surface area contributed by atoms with Gasteiger partial charge in [-0.25, -0.2) is 14.2 Å². The molecule has 2 fully saturated rings. The maximum absolute atomic E-state index is 13.9. The Labute approximate surface area is 215 Å². The molecule has 0 unspecified atom stereocenters. The van der Waals surface area contributed by atoms with E-state index < -0.39 is 18.2 Å². The Morgan fingerprint density at radius 1 is 1.16 bits per heavy atom. The van der Waals surface area contributed by atoms with Crippen LogP contribution in [0.5, 0.6) is 0 Å². The van der Waals surface area contributed by atoms with E-state index in [1.165, 1.54) is 21.0 Å². The van der Waals surface area contributed by atoms with Gasteiger partial charge in [-0.3, -0.25) is 9.59 Å². The van der Waals surface area contributed by atoms with Gasteiger partial charge in [0.25, 0.3) is 0 Å². The van der Waals surface area contributed by atoms with Crippen LogP contribution in [0, 0.1) is 18.2 Å². The molecule has 4 rings (SSSR count). The molecule has 0 spiro atoms. The first-order valence-electron chi connectivity index (χ1n) is 12.1. The summed E-state index contributed by atoms with van der Waals surface area (Å²) in [6, 6.07) is 14.6. The Morgan fingerprint density at radius 2 is 1.89 bits per heavy atom. The number of amides is 4. The molecule has 2 atom stereocenters. The molecule has 2 saturated heterocycles. The predicted octanol–water partition coefficient (Wildman–Crippen LogP) is 1.80. The van der Waals surface area contributed by atoms with Crippen LogP contribution >= 0.6 is 0 Å². The molecule has 1 N–H and O–H groups in total. The van der Waals surface area contributed by atoms with Crippen LogP contribution in [0.2, 0.25) is 0 Å². The van der Waals surface area contributed by atoms with Gasteiger partial charge in [0, 0.05) is 18.7 Å². The molecule has 2 aromatic carbocycles. The standard InChI is InChI=1S/C27H30FN5O4/c1-3-13-31-18-25(34)32-20(2)26(35)30(14-15-37-19-22-11-7-8-12-23(22)28)17-24(32)33(31)27(36)29-16-21-9-5-4-6-10-21/h1,4-12,20,24H,13-19H2,2H3,(H,29,36)/t20-,24-/m0/s1. The molecule has 2 aromatic rings. The van der Waals surface area contributed by atoms with Crippen LogP contribution in [0.25, 0.3) is 0 Å². The van der Waals surface area contributed by atoms with E-state index in [0.29, 0.717) is 12.1 Å². The van der Waals surface area contributed by atoms with Gasteiger partial charge in [0.15, 0.2) is 0 Å². The first-order valence-corrected chi connectivity index (χ1v) is 12.1. The fourth-order valence-corrected chi connectivity index (χ4v) is 4.63. The quantitative estimate of drug-likeness (QED) is 0.435. The number of hydrazine groups is 1. The van der Waals surface area contributed by atoms with Crippen LogP contribution < -0.4 is 5.32 Å². The molecular formula is C27H30FN5O4. The fraction of sp³-hybridized carbons (Fsp3) is 0.370. The Kier molecular flexibility index (Phi) is 8.38. The first kappa shape index (κ1) is 26.1. The zero-order chi connectivity index (χ0) is 26.4. The van der Waals surface area contributed by atoms with Crippen molar-refractivity contribution in [2.75, 3.05) is 32.8 Å². The Hall–Kier alpha value is -3.94.